The van der Waals surface area contributed by atoms with E-state index in [0.29, 0.717) is 18.6 Å². The number of rotatable bonds is 0. The van der Waals surface area contributed by atoms with Gasteiger partial charge in [0.2, 0.25) is 0 Å². The lowest BCUT2D eigenvalue weighted by atomic mass is 9.92. The zero-order valence-corrected chi connectivity index (χ0v) is 6.03. The van der Waals surface area contributed by atoms with Crippen LogP contribution in [0.1, 0.15) is 26.7 Å². The van der Waals surface area contributed by atoms with Gasteiger partial charge in [-0.1, -0.05) is 0 Å². The van der Waals surface area contributed by atoms with Crippen molar-refractivity contribution in [3.63, 3.8) is 0 Å². The Kier molecular flexibility index (Phi) is 1.58. The van der Waals surface area contributed by atoms with Gasteiger partial charge in [-0.05, 0) is 13.8 Å². The molecule has 1 rings (SSSR count). The molecule has 0 atom stereocenters. The highest BCUT2D eigenvalue weighted by Crippen LogP contribution is 2.13. The van der Waals surface area contributed by atoms with E-state index in [-0.39, 0.29) is 5.54 Å². The molecular weight excluding hydrogens is 114 g/mol. The summed E-state index contributed by atoms with van der Waals surface area (Å²) in [5.41, 5.74) is 0.0509. The van der Waals surface area contributed by atoms with Crippen LogP contribution in [0, 0.1) is 0 Å². The van der Waals surface area contributed by atoms with Gasteiger partial charge in [0.25, 0.3) is 0 Å². The molecule has 0 radical (unpaired) electrons. The highest BCUT2D eigenvalue weighted by atomic mass is 16.1. The van der Waals surface area contributed by atoms with Crippen LogP contribution in [0.5, 0.6) is 0 Å². The first-order valence-electron chi connectivity index (χ1n) is 3.37. The smallest absolute Gasteiger partial charge is 0.135 e. The molecule has 1 heterocycles. The standard InChI is InChI=1S/C7H13NO/c1-7(2)5-6(9)3-4-8-7/h8H,3-5H2,1-2H3. The first-order chi connectivity index (χ1) is 4.10. The summed E-state index contributed by atoms with van der Waals surface area (Å²) in [6.07, 6.45) is 1.40. The second-order valence-electron chi connectivity index (χ2n) is 3.28. The first kappa shape index (κ1) is 6.75. The Hall–Kier alpha value is -0.370. The number of carbonyl (C=O) groups excluding carboxylic acids is 1. The summed E-state index contributed by atoms with van der Waals surface area (Å²) < 4.78 is 0. The van der Waals surface area contributed by atoms with Gasteiger partial charge in [0.05, 0.1) is 0 Å². The number of hydrogen-bond acceptors (Lipinski definition) is 2. The van der Waals surface area contributed by atoms with Crippen molar-refractivity contribution in [2.75, 3.05) is 6.54 Å². The van der Waals surface area contributed by atoms with E-state index < -0.39 is 0 Å². The van der Waals surface area contributed by atoms with Gasteiger partial charge < -0.3 is 5.32 Å². The predicted octanol–water partition coefficient (Wildman–Crippen LogP) is 0.718. The van der Waals surface area contributed by atoms with Crippen molar-refractivity contribution in [3.05, 3.63) is 0 Å². The highest BCUT2D eigenvalue weighted by molar-refractivity contribution is 5.80. The second-order valence-corrected chi connectivity index (χ2v) is 3.28. The molecule has 0 amide bonds. The molecule has 1 aliphatic heterocycles. The third-order valence-corrected chi connectivity index (χ3v) is 1.65. The Morgan fingerprint density at radius 1 is 1.56 bits per heavy atom. The molecule has 0 spiro atoms. The van der Waals surface area contributed by atoms with Crippen LogP contribution >= 0.6 is 0 Å². The second kappa shape index (κ2) is 2.10. The fourth-order valence-electron chi connectivity index (χ4n) is 1.18. The Balaban J connectivity index is 2.51. The number of Topliss-reactive ketones (excluding diaryl/α,β-unsaturated/α-hetero) is 1. The van der Waals surface area contributed by atoms with Crippen molar-refractivity contribution in [2.24, 2.45) is 0 Å². The third kappa shape index (κ3) is 1.79. The molecule has 2 heteroatoms. The lowest BCUT2D eigenvalue weighted by Gasteiger charge is -2.29. The zero-order chi connectivity index (χ0) is 6.91. The van der Waals surface area contributed by atoms with Crippen LogP contribution in [0.2, 0.25) is 0 Å². The Labute approximate surface area is 55.6 Å². The normalized spacial score (nSPS) is 26.2. The molecule has 0 aromatic carbocycles. The molecule has 0 unspecified atom stereocenters. The Bertz CT molecular complexity index is 129. The fraction of sp³-hybridized carbons (Fsp3) is 0.857. The van der Waals surface area contributed by atoms with Crippen LogP contribution in [-0.4, -0.2) is 17.9 Å². The van der Waals surface area contributed by atoms with E-state index in [1.54, 1.807) is 0 Å². The van der Waals surface area contributed by atoms with Crippen molar-refractivity contribution < 1.29 is 4.79 Å². The molecule has 1 aliphatic rings. The molecule has 0 aromatic rings. The SMILES string of the molecule is CC1(C)CC(=O)CCN1. The van der Waals surface area contributed by atoms with E-state index in [4.69, 9.17) is 0 Å². The maximum absolute atomic E-state index is 10.8. The molecule has 9 heavy (non-hydrogen) atoms. The zero-order valence-electron chi connectivity index (χ0n) is 6.03. The van der Waals surface area contributed by atoms with E-state index in [0.717, 1.165) is 6.54 Å². The topological polar surface area (TPSA) is 29.1 Å². The van der Waals surface area contributed by atoms with Crippen LogP contribution in [0.4, 0.5) is 0 Å². The van der Waals surface area contributed by atoms with Crippen molar-refractivity contribution in [2.45, 2.75) is 32.2 Å². The van der Waals surface area contributed by atoms with Gasteiger partial charge in [0.1, 0.15) is 5.78 Å². The summed E-state index contributed by atoms with van der Waals surface area (Å²) in [6, 6.07) is 0. The Morgan fingerprint density at radius 3 is 2.56 bits per heavy atom. The van der Waals surface area contributed by atoms with Crippen molar-refractivity contribution >= 4 is 5.78 Å². The quantitative estimate of drug-likeness (QED) is 0.519. The molecule has 0 bridgehead atoms. The van der Waals surface area contributed by atoms with Crippen LogP contribution in [0.3, 0.4) is 0 Å². The molecule has 1 saturated heterocycles. The molecule has 1 fully saturated rings. The minimum atomic E-state index is 0.0509. The maximum Gasteiger partial charge on any atom is 0.135 e. The van der Waals surface area contributed by atoms with E-state index in [1.165, 1.54) is 0 Å². The number of hydrogen-bond donors (Lipinski definition) is 1. The third-order valence-electron chi connectivity index (χ3n) is 1.65. The lowest BCUT2D eigenvalue weighted by molar-refractivity contribution is -0.121. The number of piperidine rings is 1. The maximum atomic E-state index is 10.8. The summed E-state index contributed by atoms with van der Waals surface area (Å²) in [4.78, 5) is 10.8. The number of nitrogens with one attached hydrogen (secondary N) is 1. The van der Waals surface area contributed by atoms with E-state index in [1.807, 2.05) is 0 Å². The summed E-state index contributed by atoms with van der Waals surface area (Å²) in [7, 11) is 0. The van der Waals surface area contributed by atoms with Gasteiger partial charge in [-0.25, -0.2) is 0 Å². The van der Waals surface area contributed by atoms with E-state index in [9.17, 15) is 4.79 Å². The van der Waals surface area contributed by atoms with Crippen molar-refractivity contribution in [1.82, 2.24) is 5.32 Å². The highest BCUT2D eigenvalue weighted by Gasteiger charge is 2.24. The van der Waals surface area contributed by atoms with Gasteiger partial charge >= 0.3 is 0 Å². The van der Waals surface area contributed by atoms with Gasteiger partial charge in [0.15, 0.2) is 0 Å². The summed E-state index contributed by atoms with van der Waals surface area (Å²) in [6.45, 7) is 4.97. The molecule has 0 aliphatic carbocycles. The van der Waals surface area contributed by atoms with Crippen LogP contribution in [0.15, 0.2) is 0 Å². The van der Waals surface area contributed by atoms with Crippen LogP contribution in [0.25, 0.3) is 0 Å². The van der Waals surface area contributed by atoms with E-state index >= 15 is 0 Å². The molecule has 52 valence electrons. The number of ketones is 1. The lowest BCUT2D eigenvalue weighted by Crippen LogP contribution is -2.46. The van der Waals surface area contributed by atoms with Crippen LogP contribution < -0.4 is 5.32 Å². The minimum absolute atomic E-state index is 0.0509. The molecular formula is C7H13NO. The molecule has 1 N–H and O–H groups in total. The molecule has 0 aromatic heterocycles. The number of carbonyl (C=O) groups is 1. The Morgan fingerprint density at radius 2 is 2.22 bits per heavy atom. The average molecular weight is 127 g/mol. The largest absolute Gasteiger partial charge is 0.311 e. The predicted molar refractivity (Wildman–Crippen MR) is 36.3 cm³/mol. The van der Waals surface area contributed by atoms with Gasteiger partial charge in [-0.3, -0.25) is 4.79 Å². The minimum Gasteiger partial charge on any atom is -0.311 e. The van der Waals surface area contributed by atoms with Crippen molar-refractivity contribution in [3.8, 4) is 0 Å². The van der Waals surface area contributed by atoms with Gasteiger partial charge in [0, 0.05) is 24.9 Å². The van der Waals surface area contributed by atoms with Gasteiger partial charge in [-0.15, -0.1) is 0 Å². The van der Waals surface area contributed by atoms with Crippen molar-refractivity contribution in [1.29, 1.82) is 0 Å². The average Bonchev–Trinajstić information content (AvgIpc) is 1.60. The summed E-state index contributed by atoms with van der Waals surface area (Å²) in [5, 5.41) is 3.27. The molecule has 2 nitrogen and oxygen atoms in total. The monoisotopic (exact) mass is 127 g/mol. The van der Waals surface area contributed by atoms with Crippen LogP contribution in [-0.2, 0) is 4.79 Å². The van der Waals surface area contributed by atoms with E-state index in [2.05, 4.69) is 19.2 Å². The summed E-state index contributed by atoms with van der Waals surface area (Å²) in [5.74, 6) is 0.388. The van der Waals surface area contributed by atoms with Gasteiger partial charge in [-0.2, -0.15) is 0 Å². The summed E-state index contributed by atoms with van der Waals surface area (Å²) >= 11 is 0. The molecule has 0 saturated carbocycles. The fourth-order valence-corrected chi connectivity index (χ4v) is 1.18. The first-order valence-corrected chi connectivity index (χ1v) is 3.37.